The second-order valence-electron chi connectivity index (χ2n) is 6.40. The van der Waals surface area contributed by atoms with Gasteiger partial charge in [-0.25, -0.2) is 0 Å². The van der Waals surface area contributed by atoms with E-state index in [-0.39, 0.29) is 0 Å². The largest absolute Gasteiger partial charge is 0.311 e. The molecule has 0 radical (unpaired) electrons. The van der Waals surface area contributed by atoms with Gasteiger partial charge in [-0.2, -0.15) is 0 Å². The van der Waals surface area contributed by atoms with Gasteiger partial charge in [0, 0.05) is 31.2 Å². The topological polar surface area (TPSA) is 15.3 Å². The SMILES string of the molecule is CCC1CNC(C2CCCCC2)CN1C1CC1. The predicted octanol–water partition coefficient (Wildman–Crippen LogP) is 2.78. The van der Waals surface area contributed by atoms with E-state index in [0.717, 1.165) is 24.0 Å². The van der Waals surface area contributed by atoms with Gasteiger partial charge in [0.2, 0.25) is 0 Å². The third-order valence-corrected chi connectivity index (χ3v) is 5.20. The van der Waals surface area contributed by atoms with Crippen LogP contribution >= 0.6 is 0 Å². The van der Waals surface area contributed by atoms with Crippen molar-refractivity contribution in [3.63, 3.8) is 0 Å². The summed E-state index contributed by atoms with van der Waals surface area (Å²) in [5.41, 5.74) is 0. The summed E-state index contributed by atoms with van der Waals surface area (Å²) < 4.78 is 0. The van der Waals surface area contributed by atoms with Crippen LogP contribution in [0.4, 0.5) is 0 Å². The highest BCUT2D eigenvalue weighted by atomic mass is 15.3. The third kappa shape index (κ3) is 2.68. The van der Waals surface area contributed by atoms with E-state index in [1.165, 1.54) is 64.5 Å². The molecule has 0 spiro atoms. The Kier molecular flexibility index (Phi) is 3.72. The first-order valence-corrected chi connectivity index (χ1v) is 7.87. The number of hydrogen-bond donors (Lipinski definition) is 1. The van der Waals surface area contributed by atoms with Gasteiger partial charge in [-0.3, -0.25) is 4.90 Å². The minimum Gasteiger partial charge on any atom is -0.311 e. The number of piperazine rings is 1. The van der Waals surface area contributed by atoms with E-state index in [9.17, 15) is 0 Å². The highest BCUT2D eigenvalue weighted by Crippen LogP contribution is 2.34. The summed E-state index contributed by atoms with van der Waals surface area (Å²) in [4.78, 5) is 2.84. The second kappa shape index (κ2) is 5.27. The summed E-state index contributed by atoms with van der Waals surface area (Å²) >= 11 is 0. The quantitative estimate of drug-likeness (QED) is 0.810. The monoisotopic (exact) mass is 236 g/mol. The summed E-state index contributed by atoms with van der Waals surface area (Å²) in [6.07, 6.45) is 11.6. The fourth-order valence-corrected chi connectivity index (χ4v) is 3.93. The number of rotatable bonds is 3. The van der Waals surface area contributed by atoms with Crippen molar-refractivity contribution in [3.05, 3.63) is 0 Å². The van der Waals surface area contributed by atoms with E-state index < -0.39 is 0 Å². The number of hydrogen-bond acceptors (Lipinski definition) is 2. The van der Waals surface area contributed by atoms with E-state index >= 15 is 0 Å². The highest BCUT2D eigenvalue weighted by molar-refractivity contribution is 4.96. The van der Waals surface area contributed by atoms with Crippen molar-refractivity contribution in [3.8, 4) is 0 Å². The van der Waals surface area contributed by atoms with Gasteiger partial charge in [-0.05, 0) is 38.0 Å². The van der Waals surface area contributed by atoms with Gasteiger partial charge < -0.3 is 5.32 Å². The third-order valence-electron chi connectivity index (χ3n) is 5.20. The Hall–Kier alpha value is -0.0800. The normalized spacial score (nSPS) is 37.2. The standard InChI is InChI=1S/C15H28N2/c1-2-13-10-16-15(11-17(13)14-8-9-14)12-6-4-3-5-7-12/h12-16H,2-11H2,1H3. The maximum absolute atomic E-state index is 3.86. The van der Waals surface area contributed by atoms with Gasteiger partial charge in [0.05, 0.1) is 0 Å². The lowest BCUT2D eigenvalue weighted by molar-refractivity contribution is 0.0869. The first kappa shape index (κ1) is 12.0. The van der Waals surface area contributed by atoms with Gasteiger partial charge >= 0.3 is 0 Å². The van der Waals surface area contributed by atoms with Crippen LogP contribution in [0.2, 0.25) is 0 Å². The Bertz CT molecular complexity index is 243. The average molecular weight is 236 g/mol. The molecule has 2 heteroatoms. The van der Waals surface area contributed by atoms with Gasteiger partial charge in [0.1, 0.15) is 0 Å². The minimum absolute atomic E-state index is 0.804. The first-order chi connectivity index (χ1) is 8.38. The van der Waals surface area contributed by atoms with Crippen molar-refractivity contribution in [1.29, 1.82) is 0 Å². The molecule has 2 unspecified atom stereocenters. The molecule has 0 amide bonds. The Morgan fingerprint density at radius 2 is 1.82 bits per heavy atom. The Labute approximate surface area is 106 Å². The lowest BCUT2D eigenvalue weighted by atomic mass is 9.82. The van der Waals surface area contributed by atoms with Crippen LogP contribution in [0.5, 0.6) is 0 Å². The fraction of sp³-hybridized carbons (Fsp3) is 1.00. The lowest BCUT2D eigenvalue weighted by Gasteiger charge is -2.44. The summed E-state index contributed by atoms with van der Waals surface area (Å²) in [6, 6.07) is 2.58. The minimum atomic E-state index is 0.804. The first-order valence-electron chi connectivity index (χ1n) is 7.87. The molecule has 1 N–H and O–H groups in total. The molecule has 2 aliphatic carbocycles. The van der Waals surface area contributed by atoms with Crippen LogP contribution < -0.4 is 5.32 Å². The van der Waals surface area contributed by atoms with Gasteiger partial charge in [0.15, 0.2) is 0 Å². The van der Waals surface area contributed by atoms with Crippen LogP contribution in [0.25, 0.3) is 0 Å². The van der Waals surface area contributed by atoms with Crippen LogP contribution in [0, 0.1) is 5.92 Å². The molecule has 1 saturated heterocycles. The van der Waals surface area contributed by atoms with Crippen molar-refractivity contribution >= 4 is 0 Å². The zero-order valence-corrected chi connectivity index (χ0v) is 11.3. The van der Waals surface area contributed by atoms with Crippen LogP contribution in [0.1, 0.15) is 58.3 Å². The molecule has 2 nitrogen and oxygen atoms in total. The Balaban J connectivity index is 1.59. The molecule has 0 aromatic rings. The van der Waals surface area contributed by atoms with E-state index in [2.05, 4.69) is 17.1 Å². The van der Waals surface area contributed by atoms with Crippen LogP contribution in [-0.2, 0) is 0 Å². The molecule has 3 rings (SSSR count). The van der Waals surface area contributed by atoms with E-state index in [0.29, 0.717) is 0 Å². The fourth-order valence-electron chi connectivity index (χ4n) is 3.93. The molecular formula is C15H28N2. The van der Waals surface area contributed by atoms with E-state index in [1.807, 2.05) is 0 Å². The lowest BCUT2D eigenvalue weighted by Crippen LogP contribution is -2.59. The van der Waals surface area contributed by atoms with Crippen LogP contribution in [0.15, 0.2) is 0 Å². The van der Waals surface area contributed by atoms with Gasteiger partial charge in [0.25, 0.3) is 0 Å². The molecule has 0 aromatic heterocycles. The molecule has 98 valence electrons. The number of nitrogens with zero attached hydrogens (tertiary/aromatic N) is 1. The van der Waals surface area contributed by atoms with Crippen LogP contribution in [0.3, 0.4) is 0 Å². The van der Waals surface area contributed by atoms with Crippen molar-refractivity contribution in [2.75, 3.05) is 13.1 Å². The van der Waals surface area contributed by atoms with E-state index in [1.54, 1.807) is 0 Å². The van der Waals surface area contributed by atoms with Crippen molar-refractivity contribution in [2.24, 2.45) is 5.92 Å². The highest BCUT2D eigenvalue weighted by Gasteiger charge is 2.39. The van der Waals surface area contributed by atoms with Crippen molar-refractivity contribution < 1.29 is 0 Å². The molecule has 0 bridgehead atoms. The molecule has 0 aromatic carbocycles. The summed E-state index contributed by atoms with van der Waals surface area (Å²) in [6.45, 7) is 4.94. The predicted molar refractivity (Wildman–Crippen MR) is 72.2 cm³/mol. The Morgan fingerprint density at radius 3 is 2.47 bits per heavy atom. The van der Waals surface area contributed by atoms with Gasteiger partial charge in [-0.1, -0.05) is 26.2 Å². The zero-order chi connectivity index (χ0) is 11.7. The molecular weight excluding hydrogens is 208 g/mol. The van der Waals surface area contributed by atoms with Crippen molar-refractivity contribution in [2.45, 2.75) is 76.4 Å². The zero-order valence-electron chi connectivity index (χ0n) is 11.3. The molecule has 1 heterocycles. The maximum atomic E-state index is 3.86. The summed E-state index contributed by atoms with van der Waals surface area (Å²) in [7, 11) is 0. The maximum Gasteiger partial charge on any atom is 0.0224 e. The summed E-state index contributed by atoms with van der Waals surface area (Å²) in [5, 5.41) is 3.86. The smallest absolute Gasteiger partial charge is 0.0224 e. The van der Waals surface area contributed by atoms with Gasteiger partial charge in [-0.15, -0.1) is 0 Å². The molecule has 17 heavy (non-hydrogen) atoms. The molecule has 3 aliphatic rings. The molecule has 2 atom stereocenters. The average Bonchev–Trinajstić information content (AvgIpc) is 3.23. The van der Waals surface area contributed by atoms with Crippen molar-refractivity contribution in [1.82, 2.24) is 10.2 Å². The van der Waals surface area contributed by atoms with Crippen LogP contribution in [-0.4, -0.2) is 36.1 Å². The number of nitrogens with one attached hydrogen (secondary N) is 1. The Morgan fingerprint density at radius 1 is 1.06 bits per heavy atom. The summed E-state index contributed by atoms with van der Waals surface area (Å²) in [5.74, 6) is 0.975. The van der Waals surface area contributed by atoms with E-state index in [4.69, 9.17) is 0 Å². The molecule has 2 saturated carbocycles. The molecule has 1 aliphatic heterocycles. The molecule has 3 fully saturated rings. The second-order valence-corrected chi connectivity index (χ2v) is 6.40.